The maximum Gasteiger partial charge on any atom is 0.337 e. The van der Waals surface area contributed by atoms with E-state index in [1.807, 2.05) is 11.8 Å². The summed E-state index contributed by atoms with van der Waals surface area (Å²) in [5.74, 6) is -0.827. The number of rotatable bonds is 12. The van der Waals surface area contributed by atoms with Crippen LogP contribution in [-0.4, -0.2) is 89.6 Å². The SMILES string of the molecule is CNC(C=O)Cc1ccc(-n2c(=O)c3ccncc3n(C)c2=O)nc1.COC1CCCCC1.O=Cc1cc(F)c(NS(=O)(=O)c2ccc(-c3cnc(C4CCOCC4)nc3)cc2)cc1F. The number of aldehydes is 2. The monoisotopic (exact) mass is 912 g/mol. The Balaban J connectivity index is 0.000000188. The molecule has 2 fully saturated rings. The van der Waals surface area contributed by atoms with Crippen molar-refractivity contribution in [2.75, 3.05) is 32.1 Å². The van der Waals surface area contributed by atoms with Crippen LogP contribution in [0.15, 0.2) is 100 Å². The van der Waals surface area contributed by atoms with Crippen LogP contribution in [0.4, 0.5) is 14.5 Å². The number of pyridine rings is 2. The third-order valence-electron chi connectivity index (χ3n) is 11.2. The molecule has 5 heterocycles. The molecule has 1 saturated carbocycles. The molecule has 2 N–H and O–H groups in total. The number of halogens is 2. The maximum atomic E-state index is 14.0. The lowest BCUT2D eigenvalue weighted by Crippen LogP contribution is -2.38. The molecule has 4 aromatic heterocycles. The molecule has 6 aromatic rings. The summed E-state index contributed by atoms with van der Waals surface area (Å²) in [6, 6.07) is 11.7. The Bertz CT molecular complexity index is 2800. The Morgan fingerprint density at radius 3 is 2.18 bits per heavy atom. The van der Waals surface area contributed by atoms with Gasteiger partial charge in [-0.15, -0.1) is 0 Å². The van der Waals surface area contributed by atoms with Crippen molar-refractivity contribution in [3.8, 4) is 16.9 Å². The lowest BCUT2D eigenvalue weighted by Gasteiger charge is -2.20. The number of nitrogens with one attached hydrogen (secondary N) is 2. The van der Waals surface area contributed by atoms with Gasteiger partial charge in [-0.05, 0) is 80.6 Å². The number of nitrogens with zero attached hydrogens (tertiary/aromatic N) is 6. The molecule has 0 radical (unpaired) electrons. The summed E-state index contributed by atoms with van der Waals surface area (Å²) < 4.78 is 67.9. The smallest absolute Gasteiger partial charge is 0.337 e. The first kappa shape index (κ1) is 48.1. The number of hydrogen-bond donors (Lipinski definition) is 2. The molecular weight excluding hydrogens is 863 g/mol. The Labute approximate surface area is 374 Å². The third kappa shape index (κ3) is 12.0. The molecule has 1 aliphatic carbocycles. The molecule has 1 aliphatic heterocycles. The predicted molar refractivity (Wildman–Crippen MR) is 240 cm³/mol. The fourth-order valence-corrected chi connectivity index (χ4v) is 8.41. The van der Waals surface area contributed by atoms with Crippen LogP contribution in [0.1, 0.15) is 72.6 Å². The molecule has 0 amide bonds. The highest BCUT2D eigenvalue weighted by Crippen LogP contribution is 2.27. The van der Waals surface area contributed by atoms with Gasteiger partial charge in [0.05, 0.1) is 45.4 Å². The van der Waals surface area contributed by atoms with E-state index in [4.69, 9.17) is 9.47 Å². The molecule has 0 spiro atoms. The second-order valence-corrected chi connectivity index (χ2v) is 17.1. The van der Waals surface area contributed by atoms with Crippen molar-refractivity contribution in [2.45, 2.75) is 74.3 Å². The summed E-state index contributed by atoms with van der Waals surface area (Å²) in [5.41, 5.74) is 0.686. The van der Waals surface area contributed by atoms with Gasteiger partial charge in [-0.1, -0.05) is 37.5 Å². The summed E-state index contributed by atoms with van der Waals surface area (Å²) in [6.45, 7) is 1.38. The molecular formula is C46H50F2N8O8S. The van der Waals surface area contributed by atoms with E-state index in [1.165, 1.54) is 61.2 Å². The van der Waals surface area contributed by atoms with E-state index in [1.54, 1.807) is 63.0 Å². The number of aromatic nitrogens is 6. The van der Waals surface area contributed by atoms with Crippen molar-refractivity contribution < 1.29 is 36.3 Å². The van der Waals surface area contributed by atoms with Crippen LogP contribution in [0.3, 0.4) is 0 Å². The van der Waals surface area contributed by atoms with E-state index >= 15 is 0 Å². The number of carbonyl (C=O) groups is 2. The Morgan fingerprint density at radius 1 is 0.877 bits per heavy atom. The maximum absolute atomic E-state index is 14.0. The number of carbonyl (C=O) groups excluding carboxylic acids is 2. The second-order valence-electron chi connectivity index (χ2n) is 15.4. The second kappa shape index (κ2) is 22.5. The summed E-state index contributed by atoms with van der Waals surface area (Å²) in [5, 5.41) is 3.27. The highest BCUT2D eigenvalue weighted by Gasteiger charge is 2.21. The van der Waals surface area contributed by atoms with Gasteiger partial charge >= 0.3 is 5.69 Å². The zero-order chi connectivity index (χ0) is 46.5. The van der Waals surface area contributed by atoms with E-state index < -0.39 is 44.2 Å². The highest BCUT2D eigenvalue weighted by atomic mass is 32.2. The number of likely N-dealkylation sites (N-methyl/N-ethyl adjacent to an activating group) is 1. The van der Waals surface area contributed by atoms with E-state index in [9.17, 15) is 36.4 Å². The normalized spacial score (nSPS) is 14.9. The Morgan fingerprint density at radius 2 is 1.58 bits per heavy atom. The van der Waals surface area contributed by atoms with Crippen LogP contribution in [0, 0.1) is 11.6 Å². The van der Waals surface area contributed by atoms with E-state index in [0.717, 1.165) is 40.6 Å². The highest BCUT2D eigenvalue weighted by molar-refractivity contribution is 7.92. The first-order valence-corrected chi connectivity index (χ1v) is 22.5. The van der Waals surface area contributed by atoms with Crippen molar-refractivity contribution in [2.24, 2.45) is 7.05 Å². The topological polar surface area (TPSA) is 206 Å². The van der Waals surface area contributed by atoms with Crippen LogP contribution in [0.5, 0.6) is 0 Å². The Hall–Kier alpha value is -6.41. The predicted octanol–water partition coefficient (Wildman–Crippen LogP) is 5.70. The average molecular weight is 913 g/mol. The van der Waals surface area contributed by atoms with Gasteiger partial charge < -0.3 is 19.6 Å². The minimum Gasteiger partial charge on any atom is -0.381 e. The number of methoxy groups -OCH3 is 1. The molecule has 19 heteroatoms. The van der Waals surface area contributed by atoms with Gasteiger partial charge in [0.25, 0.3) is 15.6 Å². The molecule has 1 unspecified atom stereocenters. The van der Waals surface area contributed by atoms with Crippen LogP contribution in [0.25, 0.3) is 27.8 Å². The van der Waals surface area contributed by atoms with Gasteiger partial charge in [-0.2, -0.15) is 0 Å². The van der Waals surface area contributed by atoms with Gasteiger partial charge in [0, 0.05) is 69.7 Å². The summed E-state index contributed by atoms with van der Waals surface area (Å²) in [4.78, 5) is 63.8. The van der Waals surface area contributed by atoms with Gasteiger partial charge in [0.2, 0.25) is 0 Å². The minimum absolute atomic E-state index is 0.139. The zero-order valence-electron chi connectivity index (χ0n) is 36.2. The van der Waals surface area contributed by atoms with Crippen LogP contribution < -0.4 is 21.3 Å². The van der Waals surface area contributed by atoms with Crippen molar-refractivity contribution >= 4 is 39.2 Å². The fraction of sp³-hybridized carbons (Fsp3) is 0.348. The quantitative estimate of drug-likeness (QED) is 0.142. The van der Waals surface area contributed by atoms with Crippen molar-refractivity contribution in [1.29, 1.82) is 0 Å². The number of anilines is 1. The van der Waals surface area contributed by atoms with Gasteiger partial charge in [0.15, 0.2) is 6.29 Å². The Kier molecular flexibility index (Phi) is 16.6. The number of ether oxygens (including phenoxy) is 2. The first-order valence-electron chi connectivity index (χ1n) is 21.0. The van der Waals surface area contributed by atoms with E-state index in [0.29, 0.717) is 54.3 Å². The van der Waals surface area contributed by atoms with Gasteiger partial charge in [-0.3, -0.25) is 23.9 Å². The van der Waals surface area contributed by atoms with Crippen molar-refractivity contribution in [3.63, 3.8) is 0 Å². The number of aryl methyl sites for hydroxylation is 1. The molecule has 342 valence electrons. The zero-order valence-corrected chi connectivity index (χ0v) is 37.0. The number of hydrogen-bond acceptors (Lipinski definition) is 13. The van der Waals surface area contributed by atoms with Gasteiger partial charge in [0.1, 0.15) is 29.6 Å². The first-order chi connectivity index (χ1) is 31.4. The summed E-state index contributed by atoms with van der Waals surface area (Å²) in [6.07, 6.45) is 18.5. The average Bonchev–Trinajstić information content (AvgIpc) is 3.35. The molecule has 2 aromatic carbocycles. The van der Waals surface area contributed by atoms with E-state index in [2.05, 4.69) is 25.3 Å². The molecule has 1 atom stereocenters. The van der Waals surface area contributed by atoms with Gasteiger partial charge in [-0.25, -0.2) is 41.5 Å². The summed E-state index contributed by atoms with van der Waals surface area (Å²) >= 11 is 0. The van der Waals surface area contributed by atoms with Crippen LogP contribution >= 0.6 is 0 Å². The minimum atomic E-state index is -4.18. The van der Waals surface area contributed by atoms with Crippen molar-refractivity contribution in [1.82, 2.24) is 34.4 Å². The number of benzene rings is 2. The standard InChI is InChI=1S/C22H19F2N3O4S.C17H17N5O3.C7H14O/c23-19-10-21(20(24)9-16(19)13-28)27-32(29,30)18-3-1-14(2-4-18)17-11-25-22(26-12-17)15-5-7-31-8-6-15;1-18-12(10-23)7-11-3-4-15(20-8-11)22-16(24)13-5-6-19-9-14(13)21(2)17(22)25;1-8-7-5-3-2-4-6-7/h1-4,9-13,15,27H,5-8H2;3-6,8-10,12,18H,7H2,1-2H3;7H,2-6H2,1H3. The lowest BCUT2D eigenvalue weighted by atomic mass is 9.98. The molecule has 16 nitrogen and oxygen atoms in total. The molecule has 8 rings (SSSR count). The van der Waals surface area contributed by atoms with Crippen LogP contribution in [-0.2, 0) is 37.8 Å². The molecule has 65 heavy (non-hydrogen) atoms. The van der Waals surface area contributed by atoms with E-state index in [-0.39, 0.29) is 29.0 Å². The largest absolute Gasteiger partial charge is 0.381 e. The lowest BCUT2D eigenvalue weighted by molar-refractivity contribution is -0.109. The summed E-state index contributed by atoms with van der Waals surface area (Å²) in [7, 11) is 0.919. The molecule has 2 aliphatic rings. The molecule has 0 bridgehead atoms. The fourth-order valence-electron chi connectivity index (χ4n) is 7.35. The van der Waals surface area contributed by atoms with Crippen molar-refractivity contribution in [3.05, 3.63) is 135 Å². The third-order valence-corrected chi connectivity index (χ3v) is 12.6. The molecule has 1 saturated heterocycles. The number of sulfonamides is 1. The van der Waals surface area contributed by atoms with Crippen LogP contribution in [0.2, 0.25) is 0 Å². The number of fused-ring (bicyclic) bond motifs is 1.